The standard InChI is InChI=1S/C17H17NO4/c1-12(17(19)18-10-13-5-3-2-4-6-13)22-14-7-8-15-16(9-14)21-11-20-15/h2-9,12H,10-11H2,1H3,(H,18,19)/t12-/m0/s1. The summed E-state index contributed by atoms with van der Waals surface area (Å²) in [7, 11) is 0. The molecule has 1 atom stereocenters. The molecule has 1 heterocycles. The number of hydrogen-bond donors (Lipinski definition) is 1. The number of carbonyl (C=O) groups is 1. The molecule has 0 saturated heterocycles. The van der Waals surface area contributed by atoms with Crippen molar-refractivity contribution in [1.82, 2.24) is 5.32 Å². The Balaban J connectivity index is 1.55. The van der Waals surface area contributed by atoms with Gasteiger partial charge in [-0.2, -0.15) is 0 Å². The third-order valence-corrected chi connectivity index (χ3v) is 3.34. The first-order valence-corrected chi connectivity index (χ1v) is 7.10. The van der Waals surface area contributed by atoms with Gasteiger partial charge in [0.15, 0.2) is 17.6 Å². The fraction of sp³-hybridized carbons (Fsp3) is 0.235. The van der Waals surface area contributed by atoms with Crippen LogP contribution in [0.5, 0.6) is 17.2 Å². The number of nitrogens with one attached hydrogen (secondary N) is 1. The zero-order valence-corrected chi connectivity index (χ0v) is 12.2. The minimum absolute atomic E-state index is 0.165. The first-order valence-electron chi connectivity index (χ1n) is 7.10. The Hall–Kier alpha value is -2.69. The van der Waals surface area contributed by atoms with E-state index in [1.807, 2.05) is 30.3 Å². The molecule has 0 bridgehead atoms. The Bertz CT molecular complexity index is 657. The van der Waals surface area contributed by atoms with Gasteiger partial charge in [-0.1, -0.05) is 30.3 Å². The summed E-state index contributed by atoms with van der Waals surface area (Å²) in [5, 5.41) is 2.85. The number of fused-ring (bicyclic) bond motifs is 1. The minimum atomic E-state index is -0.593. The van der Waals surface area contributed by atoms with Gasteiger partial charge in [-0.25, -0.2) is 0 Å². The van der Waals surface area contributed by atoms with Crippen molar-refractivity contribution in [3.05, 3.63) is 54.1 Å². The summed E-state index contributed by atoms with van der Waals surface area (Å²) in [4.78, 5) is 12.1. The molecule has 0 spiro atoms. The van der Waals surface area contributed by atoms with E-state index in [-0.39, 0.29) is 12.7 Å². The van der Waals surface area contributed by atoms with Gasteiger partial charge in [0, 0.05) is 12.6 Å². The van der Waals surface area contributed by atoms with Crippen molar-refractivity contribution in [3.8, 4) is 17.2 Å². The molecule has 1 amide bonds. The zero-order valence-electron chi connectivity index (χ0n) is 12.2. The summed E-state index contributed by atoms with van der Waals surface area (Å²) >= 11 is 0. The van der Waals surface area contributed by atoms with E-state index in [0.29, 0.717) is 23.8 Å². The number of benzene rings is 2. The molecule has 2 aromatic carbocycles. The van der Waals surface area contributed by atoms with Crippen LogP contribution in [0.3, 0.4) is 0 Å². The lowest BCUT2D eigenvalue weighted by molar-refractivity contribution is -0.127. The van der Waals surface area contributed by atoms with E-state index in [4.69, 9.17) is 14.2 Å². The second-order valence-corrected chi connectivity index (χ2v) is 4.98. The van der Waals surface area contributed by atoms with Gasteiger partial charge in [-0.15, -0.1) is 0 Å². The maximum absolute atomic E-state index is 12.1. The van der Waals surface area contributed by atoms with Crippen LogP contribution in [0, 0.1) is 0 Å². The van der Waals surface area contributed by atoms with Gasteiger partial charge < -0.3 is 19.5 Å². The predicted molar refractivity (Wildman–Crippen MR) is 80.9 cm³/mol. The average molecular weight is 299 g/mol. The number of ether oxygens (including phenoxy) is 3. The quantitative estimate of drug-likeness (QED) is 0.921. The third kappa shape index (κ3) is 3.31. The number of rotatable bonds is 5. The van der Waals surface area contributed by atoms with Crippen LogP contribution in [0.15, 0.2) is 48.5 Å². The Morgan fingerprint density at radius 2 is 1.95 bits per heavy atom. The van der Waals surface area contributed by atoms with Crippen LogP contribution in [0.2, 0.25) is 0 Å². The lowest BCUT2D eigenvalue weighted by Crippen LogP contribution is -2.35. The zero-order chi connectivity index (χ0) is 15.4. The molecule has 0 saturated carbocycles. The monoisotopic (exact) mass is 299 g/mol. The molecule has 0 fully saturated rings. The molecule has 0 radical (unpaired) electrons. The van der Waals surface area contributed by atoms with Crippen molar-refractivity contribution in [3.63, 3.8) is 0 Å². The summed E-state index contributed by atoms with van der Waals surface area (Å²) in [6.07, 6.45) is -0.593. The molecule has 1 aliphatic rings. The van der Waals surface area contributed by atoms with Crippen molar-refractivity contribution in [2.45, 2.75) is 19.6 Å². The van der Waals surface area contributed by atoms with Crippen molar-refractivity contribution in [2.24, 2.45) is 0 Å². The second-order valence-electron chi connectivity index (χ2n) is 4.98. The van der Waals surface area contributed by atoms with Crippen LogP contribution in [-0.4, -0.2) is 18.8 Å². The lowest BCUT2D eigenvalue weighted by Gasteiger charge is -2.15. The van der Waals surface area contributed by atoms with Crippen LogP contribution in [-0.2, 0) is 11.3 Å². The Morgan fingerprint density at radius 3 is 2.77 bits per heavy atom. The fourth-order valence-electron chi connectivity index (χ4n) is 2.14. The molecule has 0 unspecified atom stereocenters. The molecule has 22 heavy (non-hydrogen) atoms. The highest BCUT2D eigenvalue weighted by Crippen LogP contribution is 2.35. The van der Waals surface area contributed by atoms with E-state index < -0.39 is 6.10 Å². The van der Waals surface area contributed by atoms with Crippen LogP contribution in [0.25, 0.3) is 0 Å². The fourth-order valence-corrected chi connectivity index (χ4v) is 2.14. The highest BCUT2D eigenvalue weighted by atomic mass is 16.7. The largest absolute Gasteiger partial charge is 0.481 e. The van der Waals surface area contributed by atoms with E-state index >= 15 is 0 Å². The average Bonchev–Trinajstić information content (AvgIpc) is 3.01. The Kier molecular flexibility index (Phi) is 4.14. The van der Waals surface area contributed by atoms with E-state index in [1.165, 1.54) is 0 Å². The topological polar surface area (TPSA) is 56.8 Å². The molecule has 1 N–H and O–H groups in total. The molecule has 3 rings (SSSR count). The van der Waals surface area contributed by atoms with E-state index in [9.17, 15) is 4.79 Å². The van der Waals surface area contributed by atoms with E-state index in [0.717, 1.165) is 5.56 Å². The normalized spacial score (nSPS) is 13.5. The van der Waals surface area contributed by atoms with Crippen molar-refractivity contribution in [1.29, 1.82) is 0 Å². The lowest BCUT2D eigenvalue weighted by atomic mass is 10.2. The summed E-state index contributed by atoms with van der Waals surface area (Å²) in [5.41, 5.74) is 1.05. The Morgan fingerprint density at radius 1 is 1.18 bits per heavy atom. The molecule has 0 aromatic heterocycles. The van der Waals surface area contributed by atoms with Gasteiger partial charge in [0.25, 0.3) is 5.91 Å². The maximum atomic E-state index is 12.1. The molecule has 5 nitrogen and oxygen atoms in total. The second kappa shape index (κ2) is 6.39. The van der Waals surface area contributed by atoms with Gasteiger partial charge >= 0.3 is 0 Å². The predicted octanol–water partition coefficient (Wildman–Crippen LogP) is 2.50. The first kappa shape index (κ1) is 14.3. The molecule has 2 aromatic rings. The highest BCUT2D eigenvalue weighted by Gasteiger charge is 2.18. The van der Waals surface area contributed by atoms with Gasteiger partial charge in [0.1, 0.15) is 5.75 Å². The number of hydrogen-bond acceptors (Lipinski definition) is 4. The Labute approximate surface area is 128 Å². The van der Waals surface area contributed by atoms with Gasteiger partial charge in [-0.3, -0.25) is 4.79 Å². The van der Waals surface area contributed by atoms with E-state index in [2.05, 4.69) is 5.32 Å². The highest BCUT2D eigenvalue weighted by molar-refractivity contribution is 5.80. The number of carbonyl (C=O) groups excluding carboxylic acids is 1. The minimum Gasteiger partial charge on any atom is -0.481 e. The van der Waals surface area contributed by atoms with Crippen molar-refractivity contribution in [2.75, 3.05) is 6.79 Å². The molecule has 0 aliphatic carbocycles. The number of amides is 1. The first-order chi connectivity index (χ1) is 10.7. The summed E-state index contributed by atoms with van der Waals surface area (Å²) in [6.45, 7) is 2.41. The van der Waals surface area contributed by atoms with Crippen molar-refractivity contribution >= 4 is 5.91 Å². The molecular weight excluding hydrogens is 282 g/mol. The smallest absolute Gasteiger partial charge is 0.261 e. The van der Waals surface area contributed by atoms with Gasteiger partial charge in [0.2, 0.25) is 6.79 Å². The van der Waals surface area contributed by atoms with Crippen LogP contribution in [0.1, 0.15) is 12.5 Å². The summed E-state index contributed by atoms with van der Waals surface area (Å²) in [5.74, 6) is 1.73. The SMILES string of the molecule is C[C@H](Oc1ccc2c(c1)OCO2)C(=O)NCc1ccccc1. The third-order valence-electron chi connectivity index (χ3n) is 3.34. The van der Waals surface area contributed by atoms with Gasteiger partial charge in [-0.05, 0) is 24.6 Å². The molecular formula is C17H17NO4. The molecule has 1 aliphatic heterocycles. The van der Waals surface area contributed by atoms with E-state index in [1.54, 1.807) is 25.1 Å². The molecule has 114 valence electrons. The maximum Gasteiger partial charge on any atom is 0.261 e. The van der Waals surface area contributed by atoms with Crippen LogP contribution < -0.4 is 19.5 Å². The summed E-state index contributed by atoms with van der Waals surface area (Å²) < 4.78 is 16.2. The van der Waals surface area contributed by atoms with Gasteiger partial charge in [0.05, 0.1) is 0 Å². The van der Waals surface area contributed by atoms with Crippen LogP contribution in [0.4, 0.5) is 0 Å². The van der Waals surface area contributed by atoms with Crippen LogP contribution >= 0.6 is 0 Å². The molecule has 5 heteroatoms. The summed E-state index contributed by atoms with van der Waals surface area (Å²) in [6, 6.07) is 15.0. The van der Waals surface area contributed by atoms with Crippen molar-refractivity contribution < 1.29 is 19.0 Å².